The van der Waals surface area contributed by atoms with E-state index in [0.29, 0.717) is 5.03 Å². The van der Waals surface area contributed by atoms with E-state index in [4.69, 9.17) is 4.74 Å². The maximum absolute atomic E-state index is 12.6. The number of nitrogens with zero attached hydrogens (tertiary/aromatic N) is 2. The fourth-order valence-electron chi connectivity index (χ4n) is 3.10. The summed E-state index contributed by atoms with van der Waals surface area (Å²) in [5, 5.41) is 12.2. The van der Waals surface area contributed by atoms with Crippen LogP contribution in [0.25, 0.3) is 0 Å². The molecule has 24 heavy (non-hydrogen) atoms. The molecule has 1 fully saturated rings. The first-order valence-corrected chi connectivity index (χ1v) is 9.17. The molecule has 0 spiro atoms. The smallest absolute Gasteiger partial charge is 0.251 e. The van der Waals surface area contributed by atoms with Gasteiger partial charge in [-0.3, -0.25) is 4.79 Å². The minimum atomic E-state index is 0.0514. The zero-order chi connectivity index (χ0) is 17.1. The molecule has 0 saturated carbocycles. The molecule has 0 unspecified atom stereocenters. The van der Waals surface area contributed by atoms with Gasteiger partial charge in [0, 0.05) is 42.2 Å². The topological polar surface area (TPSA) is 58.2 Å². The van der Waals surface area contributed by atoms with Crippen LogP contribution < -0.4 is 4.73 Å². The number of aromatic nitrogens is 2. The molecule has 128 valence electrons. The molecular weight excluding hydrogens is 324 g/mol. The Bertz CT molecular complexity index is 736. The van der Waals surface area contributed by atoms with Crippen molar-refractivity contribution in [2.75, 3.05) is 12.4 Å². The molecule has 2 aromatic heterocycles. The van der Waals surface area contributed by atoms with Crippen LogP contribution in [0.1, 0.15) is 34.6 Å². The van der Waals surface area contributed by atoms with Gasteiger partial charge in [-0.2, -0.15) is 4.73 Å². The number of ketones is 1. The summed E-state index contributed by atoms with van der Waals surface area (Å²) in [6.45, 7) is 5.64. The maximum atomic E-state index is 12.6. The lowest BCUT2D eigenvalue weighted by Crippen LogP contribution is -2.28. The summed E-state index contributed by atoms with van der Waals surface area (Å²) in [5.41, 5.74) is 2.80. The van der Waals surface area contributed by atoms with Crippen LogP contribution in [-0.2, 0) is 11.3 Å². The average molecular weight is 346 g/mol. The van der Waals surface area contributed by atoms with E-state index in [1.807, 2.05) is 19.9 Å². The molecule has 1 aliphatic heterocycles. The van der Waals surface area contributed by atoms with Gasteiger partial charge >= 0.3 is 0 Å². The van der Waals surface area contributed by atoms with Crippen LogP contribution in [0.5, 0.6) is 0 Å². The van der Waals surface area contributed by atoms with Crippen molar-refractivity contribution in [3.05, 3.63) is 52.6 Å². The summed E-state index contributed by atoms with van der Waals surface area (Å²) in [6, 6.07) is 7.15. The lowest BCUT2D eigenvalue weighted by molar-refractivity contribution is -0.645. The standard InChI is InChI=1S/C18H22N2O3S/c1-13-10-16(14(2)19(13)11-15-6-5-9-23-15)17(21)12-24-18-7-3-4-8-20(18)22/h3-4,7-8,10,15H,5-6,9,11-12H2,1-2H3/t15-/m1/s1. The monoisotopic (exact) mass is 346 g/mol. The zero-order valence-electron chi connectivity index (χ0n) is 14.0. The SMILES string of the molecule is Cc1cc(C(=O)CSc2cccc[n+]2[O-])c(C)n1C[C@H]1CCCO1. The number of pyridine rings is 1. The van der Waals surface area contributed by atoms with Gasteiger partial charge in [-0.1, -0.05) is 0 Å². The Labute approximate surface area is 146 Å². The van der Waals surface area contributed by atoms with Gasteiger partial charge in [-0.05, 0) is 50.6 Å². The maximum Gasteiger partial charge on any atom is 0.251 e. The van der Waals surface area contributed by atoms with Gasteiger partial charge in [-0.15, -0.1) is 0 Å². The Morgan fingerprint density at radius 1 is 1.46 bits per heavy atom. The van der Waals surface area contributed by atoms with Gasteiger partial charge < -0.3 is 14.5 Å². The number of hydrogen-bond donors (Lipinski definition) is 0. The van der Waals surface area contributed by atoms with E-state index in [2.05, 4.69) is 4.57 Å². The Kier molecular flexibility index (Phi) is 5.26. The highest BCUT2D eigenvalue weighted by Gasteiger charge is 2.21. The van der Waals surface area contributed by atoms with Gasteiger partial charge in [0.1, 0.15) is 0 Å². The number of Topliss-reactive ketones (excluding diaryl/α,β-unsaturated/α-hetero) is 1. The number of rotatable bonds is 6. The first-order valence-electron chi connectivity index (χ1n) is 8.19. The van der Waals surface area contributed by atoms with Crippen LogP contribution >= 0.6 is 11.8 Å². The highest BCUT2D eigenvalue weighted by molar-refractivity contribution is 7.99. The molecule has 0 radical (unpaired) electrons. The van der Waals surface area contributed by atoms with Gasteiger partial charge in [0.15, 0.2) is 12.0 Å². The molecule has 1 saturated heterocycles. The second-order valence-corrected chi connectivity index (χ2v) is 7.10. The third-order valence-electron chi connectivity index (χ3n) is 4.42. The fraction of sp³-hybridized carbons (Fsp3) is 0.444. The van der Waals surface area contributed by atoms with Gasteiger partial charge in [0.05, 0.1) is 11.9 Å². The number of carbonyl (C=O) groups is 1. The predicted molar refractivity (Wildman–Crippen MR) is 93.3 cm³/mol. The van der Waals surface area contributed by atoms with Crippen molar-refractivity contribution < 1.29 is 14.3 Å². The number of thioether (sulfide) groups is 1. The van der Waals surface area contributed by atoms with Gasteiger partial charge in [0.2, 0.25) is 0 Å². The summed E-state index contributed by atoms with van der Waals surface area (Å²) in [5.74, 6) is 0.312. The number of carbonyl (C=O) groups excluding carboxylic acids is 1. The predicted octanol–water partition coefficient (Wildman–Crippen LogP) is 2.89. The molecular formula is C18H22N2O3S. The van der Waals surface area contributed by atoms with Crippen molar-refractivity contribution in [1.82, 2.24) is 4.57 Å². The van der Waals surface area contributed by atoms with Crippen LogP contribution in [-0.4, -0.2) is 28.8 Å². The number of aryl methyl sites for hydroxylation is 1. The lowest BCUT2D eigenvalue weighted by atomic mass is 10.2. The molecule has 0 aromatic carbocycles. The first-order chi connectivity index (χ1) is 11.6. The van der Waals surface area contributed by atoms with Crippen LogP contribution in [0, 0.1) is 19.1 Å². The Balaban J connectivity index is 1.69. The van der Waals surface area contributed by atoms with Crippen LogP contribution in [0.4, 0.5) is 0 Å². The van der Waals surface area contributed by atoms with Crippen molar-refractivity contribution >= 4 is 17.5 Å². The molecule has 3 rings (SSSR count). The first kappa shape index (κ1) is 17.0. The number of ether oxygens (including phenoxy) is 1. The molecule has 0 bridgehead atoms. The average Bonchev–Trinajstić information content (AvgIpc) is 3.17. The van der Waals surface area contributed by atoms with E-state index in [-0.39, 0.29) is 17.6 Å². The van der Waals surface area contributed by atoms with Crippen molar-refractivity contribution in [2.24, 2.45) is 0 Å². The normalized spacial score (nSPS) is 17.3. The molecule has 0 N–H and O–H groups in total. The highest BCUT2D eigenvalue weighted by Crippen LogP contribution is 2.22. The molecule has 5 nitrogen and oxygen atoms in total. The second kappa shape index (κ2) is 7.40. The molecule has 2 aromatic rings. The van der Waals surface area contributed by atoms with Crippen LogP contribution in [0.3, 0.4) is 0 Å². The zero-order valence-corrected chi connectivity index (χ0v) is 14.8. The van der Waals surface area contributed by atoms with Crippen molar-refractivity contribution in [3.8, 4) is 0 Å². The number of hydrogen-bond acceptors (Lipinski definition) is 4. The Hall–Kier alpha value is -1.79. The van der Waals surface area contributed by atoms with E-state index in [1.165, 1.54) is 18.0 Å². The summed E-state index contributed by atoms with van der Waals surface area (Å²) in [7, 11) is 0. The van der Waals surface area contributed by atoms with E-state index in [1.54, 1.807) is 18.2 Å². The van der Waals surface area contributed by atoms with E-state index >= 15 is 0 Å². The lowest BCUT2D eigenvalue weighted by Gasteiger charge is -2.14. The van der Waals surface area contributed by atoms with Crippen molar-refractivity contribution in [2.45, 2.75) is 44.4 Å². The molecule has 0 amide bonds. The quantitative estimate of drug-likeness (QED) is 0.349. The fourth-order valence-corrected chi connectivity index (χ4v) is 3.90. The van der Waals surface area contributed by atoms with Gasteiger partial charge in [-0.25, -0.2) is 0 Å². The molecule has 0 aliphatic carbocycles. The summed E-state index contributed by atoms with van der Waals surface area (Å²) < 4.78 is 8.67. The van der Waals surface area contributed by atoms with E-state index < -0.39 is 0 Å². The third kappa shape index (κ3) is 3.65. The molecule has 1 atom stereocenters. The van der Waals surface area contributed by atoms with Gasteiger partial charge in [0.25, 0.3) is 5.03 Å². The minimum absolute atomic E-state index is 0.0514. The van der Waals surface area contributed by atoms with E-state index in [9.17, 15) is 10.0 Å². The second-order valence-electron chi connectivity index (χ2n) is 6.11. The van der Waals surface area contributed by atoms with Crippen LogP contribution in [0.2, 0.25) is 0 Å². The summed E-state index contributed by atoms with van der Waals surface area (Å²) in [4.78, 5) is 12.6. The largest absolute Gasteiger partial charge is 0.618 e. The summed E-state index contributed by atoms with van der Waals surface area (Å²) in [6.07, 6.45) is 3.88. The summed E-state index contributed by atoms with van der Waals surface area (Å²) >= 11 is 1.27. The Morgan fingerprint density at radius 3 is 3.00 bits per heavy atom. The molecule has 6 heteroatoms. The third-order valence-corrected chi connectivity index (χ3v) is 5.44. The molecule has 1 aliphatic rings. The van der Waals surface area contributed by atoms with Crippen molar-refractivity contribution in [1.29, 1.82) is 0 Å². The van der Waals surface area contributed by atoms with E-state index in [0.717, 1.165) is 47.7 Å². The molecule has 3 heterocycles. The van der Waals surface area contributed by atoms with Crippen molar-refractivity contribution in [3.63, 3.8) is 0 Å². The Morgan fingerprint density at radius 2 is 2.29 bits per heavy atom. The highest BCUT2D eigenvalue weighted by atomic mass is 32.2. The van der Waals surface area contributed by atoms with Crippen LogP contribution in [0.15, 0.2) is 35.5 Å². The minimum Gasteiger partial charge on any atom is -0.618 e.